The smallest absolute Gasteiger partial charge is 0.326 e. The minimum atomic E-state index is -4.33. The summed E-state index contributed by atoms with van der Waals surface area (Å²) in [5.74, 6) is -5.01. The van der Waals surface area contributed by atoms with Gasteiger partial charge >= 0.3 is 5.97 Å². The van der Waals surface area contributed by atoms with Crippen LogP contribution in [-0.4, -0.2) is 152 Å². The lowest BCUT2D eigenvalue weighted by Gasteiger charge is -2.37. The maximum atomic E-state index is 15.9. The highest BCUT2D eigenvalue weighted by Gasteiger charge is 2.45. The van der Waals surface area contributed by atoms with Gasteiger partial charge in [-0.25, -0.2) is 31.1 Å². The van der Waals surface area contributed by atoms with Crippen LogP contribution in [0.2, 0.25) is 0 Å². The van der Waals surface area contributed by atoms with E-state index < -0.39 is 120 Å². The number of nitrogens with two attached hydrogens (primary N) is 3. The summed E-state index contributed by atoms with van der Waals surface area (Å²) < 4.78 is 72.7. The van der Waals surface area contributed by atoms with Crippen LogP contribution in [0.25, 0.3) is 0 Å². The second-order valence-electron chi connectivity index (χ2n) is 30.1. The first kappa shape index (κ1) is 83.3. The van der Waals surface area contributed by atoms with Crippen molar-refractivity contribution in [2.75, 3.05) is 25.4 Å². The van der Waals surface area contributed by atoms with Crippen molar-refractivity contribution in [1.29, 1.82) is 0 Å². The highest BCUT2D eigenvalue weighted by Crippen LogP contribution is 2.50. The molecule has 14 N–H and O–H groups in total. The van der Waals surface area contributed by atoms with E-state index in [4.69, 9.17) is 26.7 Å². The van der Waals surface area contributed by atoms with Crippen molar-refractivity contribution in [1.82, 2.24) is 35.6 Å². The first-order valence-electron chi connectivity index (χ1n) is 36.7. The molecule has 29 heteroatoms. The second-order valence-corrected chi connectivity index (χ2v) is 34.6. The van der Waals surface area contributed by atoms with Crippen LogP contribution in [0.5, 0.6) is 17.2 Å². The third-order valence-corrected chi connectivity index (χ3v) is 25.1. The van der Waals surface area contributed by atoms with Crippen LogP contribution < -0.4 is 57.4 Å². The number of nitrogens with zero attached hydrogens (tertiary/aromatic N) is 3. The number of carbonyl (C=O) groups excluding carboxylic acids is 5. The number of hydrogen-bond donors (Lipinski definition) is 11. The van der Waals surface area contributed by atoms with Crippen molar-refractivity contribution in [3.63, 3.8) is 0 Å². The predicted octanol–water partition coefficient (Wildman–Crippen LogP) is 7.47. The molecule has 9 rings (SSSR count). The quantitative estimate of drug-likeness (QED) is 0.00844. The molecule has 6 aromatic rings. The first-order chi connectivity index (χ1) is 51.3. The Kier molecular flexibility index (Phi) is 26.7. The number of phenols is 1. The van der Waals surface area contributed by atoms with E-state index in [0.717, 1.165) is 27.8 Å². The van der Waals surface area contributed by atoms with E-state index in [-0.39, 0.29) is 91.8 Å². The summed E-state index contributed by atoms with van der Waals surface area (Å²) >= 11 is 1.35. The highest BCUT2D eigenvalue weighted by molar-refractivity contribution is 8.00. The van der Waals surface area contributed by atoms with Gasteiger partial charge in [0, 0.05) is 55.8 Å². The molecule has 109 heavy (non-hydrogen) atoms. The number of fused-ring (bicyclic) bond motifs is 2. The van der Waals surface area contributed by atoms with Gasteiger partial charge in [0.05, 0.1) is 20.6 Å². The van der Waals surface area contributed by atoms with E-state index in [9.17, 15) is 46.2 Å². The standard InChI is InChI=1S/C80H104N12O14S3/c1-46(2)41-62(72(96)88-63(75(99)100)42-53-34-36-57(93)37-35-53)87-73(97)65-33-24-40-92(65)74(98)64(45-107-80(54-25-16-13-17-26-54,55-27-18-14-19-28-55)56-29-20-15-21-30-56)89-71(95)61(32-23-39-85-77(83)91-109(103,104)69-50(6)48(4)67-59(52(69)8)44-79(11,12)106-67)86-70(94)60(81)31-22-38-84-76(82)90-108(101,102)68-49(5)47(3)66-58(51(68)7)43-78(9,10)105-66/h13-21,25-30,34-37,46,60-65,93H,22-24,31-33,38-45,81H2,1-12H3,(H,86,94)(H,87,97)(H,88,96)(H,89,95)(H,99,100)(H3,82,84,90)(H3,83,85,91)/t60-,61-,62-,63-,64+,65-/m0/s1. The van der Waals surface area contributed by atoms with Crippen LogP contribution in [0.15, 0.2) is 135 Å². The monoisotopic (exact) mass is 1550 g/mol. The number of likely N-dealkylation sites (tertiary alicyclic amines) is 1. The number of aromatic hydroxyl groups is 1. The molecule has 0 spiro atoms. The van der Waals surface area contributed by atoms with Crippen LogP contribution in [0.1, 0.15) is 153 Å². The zero-order valence-electron chi connectivity index (χ0n) is 64.0. The van der Waals surface area contributed by atoms with Crippen molar-refractivity contribution >= 4 is 79.2 Å². The van der Waals surface area contributed by atoms with Gasteiger partial charge in [-0.3, -0.25) is 34.0 Å². The average molecular weight is 1550 g/mol. The number of benzene rings is 6. The predicted molar refractivity (Wildman–Crippen MR) is 421 cm³/mol. The van der Waals surface area contributed by atoms with Crippen LogP contribution in [-0.2, 0) is 72.8 Å². The largest absolute Gasteiger partial charge is 0.508 e. The second kappa shape index (κ2) is 34.9. The number of aliphatic imine (C=N–C) groups is 2. The molecule has 0 aliphatic carbocycles. The van der Waals surface area contributed by atoms with E-state index in [1.165, 1.54) is 40.9 Å². The third-order valence-electron chi connectivity index (χ3n) is 20.2. The number of thioether (sulfide) groups is 1. The summed E-state index contributed by atoms with van der Waals surface area (Å²) in [4.78, 5) is 97.9. The highest BCUT2D eigenvalue weighted by atomic mass is 32.2. The zero-order valence-corrected chi connectivity index (χ0v) is 66.5. The minimum absolute atomic E-state index is 0.00575. The van der Waals surface area contributed by atoms with Gasteiger partial charge in [0.15, 0.2) is 0 Å². The summed E-state index contributed by atoms with van der Waals surface area (Å²) in [6.45, 7) is 21.6. The normalized spacial score (nSPS) is 16.8. The number of sulfonamides is 2. The Morgan fingerprint density at radius 3 is 1.50 bits per heavy atom. The number of carboxylic acid groups (broad SMARTS) is 1. The summed E-state index contributed by atoms with van der Waals surface area (Å²) in [5, 5.41) is 31.4. The van der Waals surface area contributed by atoms with Crippen molar-refractivity contribution < 1.29 is 65.3 Å². The van der Waals surface area contributed by atoms with Gasteiger partial charge in [-0.1, -0.05) is 117 Å². The lowest BCUT2D eigenvalue weighted by molar-refractivity contribution is -0.143. The lowest BCUT2D eigenvalue weighted by atomic mass is 9.84. The van der Waals surface area contributed by atoms with E-state index in [0.29, 0.717) is 69.7 Å². The molecule has 0 bridgehead atoms. The van der Waals surface area contributed by atoms with Crippen molar-refractivity contribution in [3.05, 3.63) is 182 Å². The molecule has 6 aromatic carbocycles. The Labute approximate surface area is 643 Å². The molecule has 5 amide bonds. The third kappa shape index (κ3) is 19.8. The summed E-state index contributed by atoms with van der Waals surface area (Å²) in [5.41, 5.74) is 26.0. The van der Waals surface area contributed by atoms with Crippen molar-refractivity contribution in [2.45, 2.75) is 209 Å². The Morgan fingerprint density at radius 1 is 0.596 bits per heavy atom. The van der Waals surface area contributed by atoms with Crippen LogP contribution >= 0.6 is 11.8 Å². The topological polar surface area (TPSA) is 408 Å². The number of amides is 5. The number of nitrogens with one attached hydrogen (secondary N) is 6. The maximum absolute atomic E-state index is 15.9. The SMILES string of the molecule is Cc1c(C)c(S(=O)(=O)NC(N)=NCCC[C@H](NC(=O)[C@@H](N)CCCN=C(N)NS(=O)(=O)c2c(C)c(C)c3c(c2C)CC(C)(C)O3)C(=O)N[C@H](CSC(c2ccccc2)(c2ccccc2)c2ccccc2)C(=O)N2CCC[C@H]2C(=O)N[C@@H](CC(C)C)C(=O)N[C@@H](Cc2ccc(O)cc2)C(=O)O)c(C)c2c1OC(C)(C)C2. The Bertz CT molecular complexity index is 4560. The Hall–Kier alpha value is -9.71. The van der Waals surface area contributed by atoms with E-state index >= 15 is 9.59 Å². The number of ether oxygens (including phenoxy) is 2. The molecule has 0 unspecified atom stereocenters. The number of rotatable bonds is 32. The Morgan fingerprint density at radius 2 is 1.04 bits per heavy atom. The number of carbonyl (C=O) groups is 6. The lowest BCUT2D eigenvalue weighted by Crippen LogP contribution is -2.59. The van der Waals surface area contributed by atoms with Gasteiger partial charge in [-0.05, 0) is 188 Å². The average Bonchev–Trinajstić information content (AvgIpc) is 1.64. The molecule has 3 heterocycles. The van der Waals surface area contributed by atoms with Crippen LogP contribution in [0.3, 0.4) is 0 Å². The molecule has 1 saturated heterocycles. The van der Waals surface area contributed by atoms with E-state index in [2.05, 4.69) is 40.7 Å². The van der Waals surface area contributed by atoms with Crippen molar-refractivity contribution in [2.24, 2.45) is 33.1 Å². The molecule has 1 fully saturated rings. The van der Waals surface area contributed by atoms with E-state index in [1.54, 1.807) is 41.5 Å². The molecular weight excluding hydrogens is 1450 g/mol. The molecule has 3 aliphatic heterocycles. The summed E-state index contributed by atoms with van der Waals surface area (Å²) in [6, 6.07) is 26.7. The fourth-order valence-electron chi connectivity index (χ4n) is 14.7. The molecular formula is C80H104N12O14S3. The van der Waals surface area contributed by atoms with Crippen LogP contribution in [0, 0.1) is 47.5 Å². The number of hydrogen-bond acceptors (Lipinski definition) is 17. The van der Waals surface area contributed by atoms with Crippen LogP contribution in [0.4, 0.5) is 0 Å². The number of phenolic OH excluding ortho intramolecular Hbond substituents is 1. The zero-order chi connectivity index (χ0) is 79.7. The first-order valence-corrected chi connectivity index (χ1v) is 40.7. The van der Waals surface area contributed by atoms with Gasteiger partial charge in [0.1, 0.15) is 58.7 Å². The molecule has 586 valence electrons. The number of aliphatic carboxylic acids is 1. The number of carboxylic acids is 1. The number of guanidine groups is 2. The van der Waals surface area contributed by atoms with Gasteiger partial charge in [-0.15, -0.1) is 11.8 Å². The fourth-order valence-corrected chi connectivity index (χ4v) is 19.3. The Balaban J connectivity index is 1.00. The summed E-state index contributed by atoms with van der Waals surface area (Å²) in [6.07, 6.45) is 1.31. The van der Waals surface area contributed by atoms with Crippen molar-refractivity contribution in [3.8, 4) is 17.2 Å². The maximum Gasteiger partial charge on any atom is 0.326 e. The van der Waals surface area contributed by atoms with E-state index in [1.807, 2.05) is 133 Å². The molecule has 6 atom stereocenters. The summed E-state index contributed by atoms with van der Waals surface area (Å²) in [7, 11) is -8.58. The molecule has 3 aliphatic rings. The molecule has 0 saturated carbocycles. The fraction of sp³-hybridized carbons (Fsp3) is 0.450. The van der Waals surface area contributed by atoms with Gasteiger partial charge in [0.25, 0.3) is 20.0 Å². The molecule has 0 aromatic heterocycles. The minimum Gasteiger partial charge on any atom is -0.508 e. The van der Waals surface area contributed by atoms with Gasteiger partial charge < -0.3 is 63.1 Å². The van der Waals surface area contributed by atoms with Gasteiger partial charge in [-0.2, -0.15) is 0 Å². The molecule has 26 nitrogen and oxygen atoms in total. The van der Waals surface area contributed by atoms with Gasteiger partial charge in [0.2, 0.25) is 41.5 Å². The molecule has 0 radical (unpaired) electrons.